The van der Waals surface area contributed by atoms with Crippen molar-refractivity contribution >= 4 is 28.3 Å². The van der Waals surface area contributed by atoms with Crippen LogP contribution in [0, 0.1) is 0 Å². The van der Waals surface area contributed by atoms with Crippen LogP contribution >= 0.6 is 11.3 Å². The topological polar surface area (TPSA) is 98.7 Å². The summed E-state index contributed by atoms with van der Waals surface area (Å²) in [6, 6.07) is 7.67. The van der Waals surface area contributed by atoms with Gasteiger partial charge in [0.2, 0.25) is 0 Å². The number of amides is 1. The molecule has 0 saturated heterocycles. The first kappa shape index (κ1) is 11.8. The van der Waals surface area contributed by atoms with Crippen molar-refractivity contribution in [3.05, 3.63) is 40.3 Å². The normalized spacial score (nSPS) is 10.8. The summed E-state index contributed by atoms with van der Waals surface area (Å²) in [7, 11) is 0. The maximum atomic E-state index is 11.3. The molecule has 0 radical (unpaired) electrons. The number of nitrogens with zero attached hydrogens (tertiary/aromatic N) is 4. The molecule has 1 amide bonds. The molecule has 0 unspecified atom stereocenters. The van der Waals surface area contributed by atoms with Gasteiger partial charge in [-0.2, -0.15) is 0 Å². The molecule has 0 aliphatic heterocycles. The molecule has 0 bridgehead atoms. The molecule has 2 heterocycles. The highest BCUT2D eigenvalue weighted by atomic mass is 32.1. The van der Waals surface area contributed by atoms with Crippen LogP contribution < -0.4 is 11.3 Å². The molecule has 19 heavy (non-hydrogen) atoms. The third kappa shape index (κ3) is 2.18. The van der Waals surface area contributed by atoms with E-state index in [1.54, 1.807) is 10.1 Å². The van der Waals surface area contributed by atoms with Gasteiger partial charge in [0, 0.05) is 5.38 Å². The zero-order valence-electron chi connectivity index (χ0n) is 9.78. The second kappa shape index (κ2) is 4.75. The molecule has 3 rings (SSSR count). The molecule has 0 saturated carbocycles. The van der Waals surface area contributed by atoms with Gasteiger partial charge in [0.15, 0.2) is 5.01 Å². The monoisotopic (exact) mass is 274 g/mol. The minimum atomic E-state index is -0.389. The van der Waals surface area contributed by atoms with E-state index >= 15 is 0 Å². The minimum absolute atomic E-state index is 0.335. The summed E-state index contributed by atoms with van der Waals surface area (Å²) in [6.45, 7) is 0.467. The van der Waals surface area contributed by atoms with Crippen LogP contribution in [-0.2, 0) is 6.54 Å². The Hall–Kier alpha value is -2.32. The largest absolute Gasteiger partial charge is 0.294 e. The summed E-state index contributed by atoms with van der Waals surface area (Å²) in [4.78, 5) is 15.5. The second-order valence-electron chi connectivity index (χ2n) is 3.85. The first-order chi connectivity index (χ1) is 9.28. The van der Waals surface area contributed by atoms with Crippen molar-refractivity contribution in [2.75, 3.05) is 0 Å². The predicted octanol–water partition coefficient (Wildman–Crippen LogP) is 0.540. The van der Waals surface area contributed by atoms with Crippen molar-refractivity contribution in [1.29, 1.82) is 0 Å². The lowest BCUT2D eigenvalue weighted by Gasteiger charge is -1.98. The first-order valence-corrected chi connectivity index (χ1v) is 6.39. The maximum absolute atomic E-state index is 11.3. The van der Waals surface area contributed by atoms with Crippen LogP contribution in [-0.4, -0.2) is 25.9 Å². The number of aromatic nitrogens is 4. The molecule has 0 spiro atoms. The zero-order chi connectivity index (χ0) is 13.2. The number of para-hydroxylation sites is 1. The Morgan fingerprint density at radius 1 is 1.42 bits per heavy atom. The van der Waals surface area contributed by atoms with E-state index in [1.807, 2.05) is 24.3 Å². The van der Waals surface area contributed by atoms with Gasteiger partial charge >= 0.3 is 0 Å². The average molecular weight is 274 g/mol. The molecule has 8 heteroatoms. The third-order valence-electron chi connectivity index (χ3n) is 2.61. The Bertz CT molecular complexity index is 733. The quantitative estimate of drug-likeness (QED) is 0.412. The number of nitrogens with one attached hydrogen (secondary N) is 1. The molecule has 0 aliphatic rings. The van der Waals surface area contributed by atoms with E-state index in [-0.39, 0.29) is 5.91 Å². The number of fused-ring (bicyclic) bond motifs is 1. The van der Waals surface area contributed by atoms with Crippen LogP contribution in [0.4, 0.5) is 0 Å². The van der Waals surface area contributed by atoms with Crippen LogP contribution in [0.5, 0.6) is 0 Å². The molecular weight excluding hydrogens is 264 g/mol. The van der Waals surface area contributed by atoms with Crippen molar-refractivity contribution in [3.8, 4) is 0 Å². The van der Waals surface area contributed by atoms with Crippen LogP contribution in [0.25, 0.3) is 11.0 Å². The number of hydrogen-bond acceptors (Lipinski definition) is 6. The van der Waals surface area contributed by atoms with E-state index < -0.39 is 0 Å². The number of carbonyl (C=O) groups excluding carboxylic acids is 1. The summed E-state index contributed by atoms with van der Waals surface area (Å²) in [5.41, 5.74) is 4.57. The average Bonchev–Trinajstić information content (AvgIpc) is 3.06. The van der Waals surface area contributed by atoms with E-state index in [0.29, 0.717) is 11.6 Å². The van der Waals surface area contributed by atoms with E-state index in [2.05, 4.69) is 20.7 Å². The summed E-state index contributed by atoms with van der Waals surface area (Å²) in [5.74, 6) is 4.67. The number of hydrogen-bond donors (Lipinski definition) is 2. The molecule has 0 fully saturated rings. The third-order valence-corrected chi connectivity index (χ3v) is 3.50. The molecule has 3 N–H and O–H groups in total. The van der Waals surface area contributed by atoms with Crippen LogP contribution in [0.15, 0.2) is 29.6 Å². The Kier molecular flexibility index (Phi) is 2.94. The molecule has 7 nitrogen and oxygen atoms in total. The van der Waals surface area contributed by atoms with Crippen LogP contribution in [0.1, 0.15) is 15.5 Å². The number of carbonyl (C=O) groups is 1. The predicted molar refractivity (Wildman–Crippen MR) is 70.4 cm³/mol. The van der Waals surface area contributed by atoms with E-state index in [1.165, 1.54) is 11.3 Å². The van der Waals surface area contributed by atoms with Gasteiger partial charge in [0.1, 0.15) is 5.52 Å². The zero-order valence-corrected chi connectivity index (χ0v) is 10.6. The van der Waals surface area contributed by atoms with Gasteiger partial charge in [-0.3, -0.25) is 10.2 Å². The van der Waals surface area contributed by atoms with E-state index in [4.69, 9.17) is 5.84 Å². The van der Waals surface area contributed by atoms with Gasteiger partial charge in [0.25, 0.3) is 5.91 Å². The van der Waals surface area contributed by atoms with E-state index in [9.17, 15) is 4.79 Å². The Labute approximate surface area is 112 Å². The number of rotatable bonds is 3. The summed E-state index contributed by atoms with van der Waals surface area (Å²) in [6.07, 6.45) is 0. The summed E-state index contributed by atoms with van der Waals surface area (Å²) >= 11 is 1.24. The van der Waals surface area contributed by atoms with Crippen molar-refractivity contribution < 1.29 is 4.79 Å². The lowest BCUT2D eigenvalue weighted by molar-refractivity contribution is 0.0953. The number of nitrogen functional groups attached to an aromatic ring is 1. The van der Waals surface area contributed by atoms with Crippen molar-refractivity contribution in [2.45, 2.75) is 6.54 Å². The minimum Gasteiger partial charge on any atom is -0.288 e. The molecule has 1 aromatic carbocycles. The molecular formula is C11H10N6OS. The molecule has 3 aromatic rings. The molecule has 96 valence electrons. The number of hydrazine groups is 1. The van der Waals surface area contributed by atoms with Gasteiger partial charge in [-0.25, -0.2) is 15.5 Å². The maximum Gasteiger partial charge on any atom is 0.294 e. The summed E-state index contributed by atoms with van der Waals surface area (Å²) < 4.78 is 1.74. The van der Waals surface area contributed by atoms with Gasteiger partial charge < -0.3 is 0 Å². The lowest BCUT2D eigenvalue weighted by Crippen LogP contribution is -2.29. The van der Waals surface area contributed by atoms with Crippen molar-refractivity contribution in [1.82, 2.24) is 25.4 Å². The highest BCUT2D eigenvalue weighted by Crippen LogP contribution is 2.14. The van der Waals surface area contributed by atoms with Gasteiger partial charge in [-0.05, 0) is 12.1 Å². The molecule has 2 aromatic heterocycles. The van der Waals surface area contributed by atoms with Gasteiger partial charge in [0.05, 0.1) is 17.8 Å². The van der Waals surface area contributed by atoms with Crippen LogP contribution in [0.2, 0.25) is 0 Å². The fourth-order valence-electron chi connectivity index (χ4n) is 1.73. The Morgan fingerprint density at radius 2 is 2.26 bits per heavy atom. The first-order valence-electron chi connectivity index (χ1n) is 5.51. The Morgan fingerprint density at radius 3 is 3.11 bits per heavy atom. The fourth-order valence-corrected chi connectivity index (χ4v) is 2.44. The molecule has 0 atom stereocenters. The van der Waals surface area contributed by atoms with Crippen molar-refractivity contribution in [2.24, 2.45) is 5.84 Å². The Balaban J connectivity index is 1.89. The highest BCUT2D eigenvalue weighted by Gasteiger charge is 2.11. The van der Waals surface area contributed by atoms with Gasteiger partial charge in [-0.15, -0.1) is 16.4 Å². The highest BCUT2D eigenvalue weighted by molar-refractivity contribution is 7.11. The standard InChI is InChI=1S/C11H10N6OS/c12-14-10(18)11-13-7(6-19-11)5-17-9-4-2-1-3-8(9)15-16-17/h1-4,6H,5,12H2,(H,14,18). The number of thiazole rings is 1. The molecule has 0 aliphatic carbocycles. The second-order valence-corrected chi connectivity index (χ2v) is 4.71. The SMILES string of the molecule is NNC(=O)c1nc(Cn2nnc3ccccc32)cs1. The van der Waals surface area contributed by atoms with E-state index in [0.717, 1.165) is 16.7 Å². The summed E-state index contributed by atoms with van der Waals surface area (Å²) in [5, 5.41) is 10.3. The lowest BCUT2D eigenvalue weighted by atomic mass is 10.3. The van der Waals surface area contributed by atoms with Gasteiger partial charge in [-0.1, -0.05) is 17.3 Å². The number of nitrogens with two attached hydrogens (primary N) is 1. The van der Waals surface area contributed by atoms with Crippen LogP contribution in [0.3, 0.4) is 0 Å². The number of benzene rings is 1. The fraction of sp³-hybridized carbons (Fsp3) is 0.0909. The van der Waals surface area contributed by atoms with Crippen molar-refractivity contribution in [3.63, 3.8) is 0 Å². The smallest absolute Gasteiger partial charge is 0.288 e.